The van der Waals surface area contributed by atoms with Crippen LogP contribution in [0.15, 0.2) is 48.5 Å². The van der Waals surface area contributed by atoms with Crippen molar-refractivity contribution in [3.05, 3.63) is 75.7 Å². The number of benzene rings is 2. The second-order valence-electron chi connectivity index (χ2n) is 8.55. The zero-order valence-electron chi connectivity index (χ0n) is 18.8. The van der Waals surface area contributed by atoms with Gasteiger partial charge in [0.05, 0.1) is 21.4 Å². The summed E-state index contributed by atoms with van der Waals surface area (Å²) in [6.45, 7) is 7.94. The summed E-state index contributed by atoms with van der Waals surface area (Å²) in [7, 11) is 0. The molecule has 0 aliphatic rings. The van der Waals surface area contributed by atoms with E-state index >= 15 is 0 Å². The fraction of sp³-hybridized carbons (Fsp3) is 0.292. The Morgan fingerprint density at radius 1 is 1.06 bits per heavy atom. The maximum atomic E-state index is 13.2. The quantitative estimate of drug-likeness (QED) is 0.480. The third-order valence-corrected chi connectivity index (χ3v) is 5.73. The van der Waals surface area contributed by atoms with Gasteiger partial charge in [0.2, 0.25) is 5.91 Å². The minimum atomic E-state index is -0.433. The summed E-state index contributed by atoms with van der Waals surface area (Å²) in [6, 6.07) is 12.1. The first-order valence-electron chi connectivity index (χ1n) is 10.4. The average Bonchev–Trinajstić information content (AvgIpc) is 3.18. The van der Waals surface area contributed by atoms with Crippen molar-refractivity contribution in [3.8, 4) is 5.69 Å². The Hall–Kier alpha value is -2.90. The molecule has 3 rings (SSSR count). The summed E-state index contributed by atoms with van der Waals surface area (Å²) >= 11 is 12.2. The van der Waals surface area contributed by atoms with Gasteiger partial charge < -0.3 is 10.2 Å². The fourth-order valence-electron chi connectivity index (χ4n) is 3.11. The van der Waals surface area contributed by atoms with E-state index in [-0.39, 0.29) is 17.9 Å². The molecule has 9 heteroatoms. The predicted molar refractivity (Wildman–Crippen MR) is 129 cm³/mol. The van der Waals surface area contributed by atoms with Crippen molar-refractivity contribution in [1.29, 1.82) is 0 Å². The number of nitrogens with zero attached hydrogens (tertiary/aromatic N) is 3. The highest BCUT2D eigenvalue weighted by molar-refractivity contribution is 6.42. The van der Waals surface area contributed by atoms with Crippen molar-refractivity contribution in [2.45, 2.75) is 33.1 Å². The maximum absolute atomic E-state index is 13.2. The molecule has 2 amide bonds. The minimum absolute atomic E-state index is 0.176. The Bertz CT molecular complexity index is 1170. The molecule has 0 bridgehead atoms. The number of hydrogen-bond donors (Lipinski definition) is 1. The van der Waals surface area contributed by atoms with Crippen LogP contribution in [0.2, 0.25) is 10.0 Å². The zero-order valence-corrected chi connectivity index (χ0v) is 20.3. The van der Waals surface area contributed by atoms with Crippen LogP contribution in [-0.2, 0) is 10.2 Å². The van der Waals surface area contributed by atoms with Gasteiger partial charge in [-0.1, -0.05) is 44.0 Å². The number of likely N-dealkylation sites (N-methyl/N-ethyl adjacent to an activating group) is 1. The number of rotatable bonds is 6. The molecule has 3 aromatic rings. The Morgan fingerprint density at radius 3 is 2.30 bits per heavy atom. The molecule has 174 valence electrons. The van der Waals surface area contributed by atoms with Gasteiger partial charge in [0.1, 0.15) is 18.2 Å². The van der Waals surface area contributed by atoms with Crippen LogP contribution < -0.4 is 5.32 Å². The molecule has 6 nitrogen and oxygen atoms in total. The molecular formula is C24H25Cl2FN4O2. The molecule has 1 aromatic heterocycles. The van der Waals surface area contributed by atoms with Crippen LogP contribution in [0.25, 0.3) is 5.69 Å². The number of anilines is 1. The largest absolute Gasteiger partial charge is 0.330 e. The molecule has 33 heavy (non-hydrogen) atoms. The Morgan fingerprint density at radius 2 is 1.73 bits per heavy atom. The van der Waals surface area contributed by atoms with Crippen molar-refractivity contribution in [3.63, 3.8) is 0 Å². The summed E-state index contributed by atoms with van der Waals surface area (Å²) < 4.78 is 14.8. The van der Waals surface area contributed by atoms with E-state index in [1.54, 1.807) is 35.9 Å². The second-order valence-corrected chi connectivity index (χ2v) is 9.36. The first-order valence-corrected chi connectivity index (χ1v) is 11.2. The molecule has 0 saturated carbocycles. The molecular weight excluding hydrogens is 466 g/mol. The summed E-state index contributed by atoms with van der Waals surface area (Å²) in [5, 5.41) is 8.27. The van der Waals surface area contributed by atoms with Crippen molar-refractivity contribution in [2.75, 3.05) is 18.4 Å². The predicted octanol–water partition coefficient (Wildman–Crippen LogP) is 5.72. The first-order chi connectivity index (χ1) is 15.5. The fourth-order valence-corrected chi connectivity index (χ4v) is 3.40. The van der Waals surface area contributed by atoms with Crippen molar-refractivity contribution >= 4 is 40.8 Å². The molecule has 1 heterocycles. The van der Waals surface area contributed by atoms with Gasteiger partial charge in [0, 0.05) is 23.6 Å². The van der Waals surface area contributed by atoms with Crippen LogP contribution in [0.3, 0.4) is 0 Å². The highest BCUT2D eigenvalue weighted by Crippen LogP contribution is 2.29. The lowest BCUT2D eigenvalue weighted by atomic mass is 9.92. The SMILES string of the molecule is CCN(CC(=O)Nc1cc(C(C)(C)C)nn1-c1ccc(Cl)c(Cl)c1)C(=O)c1ccc(F)cc1. The van der Waals surface area contributed by atoms with Gasteiger partial charge in [-0.25, -0.2) is 9.07 Å². The van der Waals surface area contributed by atoms with Crippen LogP contribution in [-0.4, -0.2) is 39.6 Å². The Balaban J connectivity index is 1.85. The normalized spacial score (nSPS) is 11.4. The maximum Gasteiger partial charge on any atom is 0.254 e. The number of carbonyl (C=O) groups excluding carboxylic acids is 2. The molecule has 0 fully saturated rings. The lowest BCUT2D eigenvalue weighted by molar-refractivity contribution is -0.116. The van der Waals surface area contributed by atoms with Crippen LogP contribution >= 0.6 is 23.2 Å². The number of aromatic nitrogens is 2. The second kappa shape index (κ2) is 9.93. The van der Waals surface area contributed by atoms with Gasteiger partial charge in [0.15, 0.2) is 0 Å². The molecule has 0 atom stereocenters. The van der Waals surface area contributed by atoms with Gasteiger partial charge >= 0.3 is 0 Å². The topological polar surface area (TPSA) is 67.2 Å². The summed E-state index contributed by atoms with van der Waals surface area (Å²) in [6.07, 6.45) is 0. The standard InChI is InChI=1S/C24H25Cl2FN4O2/c1-5-30(23(33)15-6-8-16(27)9-7-15)14-22(32)28-21-13-20(24(2,3)4)29-31(21)17-10-11-18(25)19(26)12-17/h6-13H,5,14H2,1-4H3,(H,28,32). The minimum Gasteiger partial charge on any atom is -0.330 e. The number of nitrogens with one attached hydrogen (secondary N) is 1. The van der Waals surface area contributed by atoms with E-state index in [2.05, 4.69) is 10.4 Å². The van der Waals surface area contributed by atoms with Crippen LogP contribution in [0.1, 0.15) is 43.7 Å². The van der Waals surface area contributed by atoms with E-state index in [0.717, 1.165) is 5.69 Å². The van der Waals surface area contributed by atoms with Gasteiger partial charge in [-0.3, -0.25) is 9.59 Å². The molecule has 1 N–H and O–H groups in total. The number of amides is 2. The summed E-state index contributed by atoms with van der Waals surface area (Å²) in [5.41, 5.74) is 1.43. The number of halogens is 3. The highest BCUT2D eigenvalue weighted by atomic mass is 35.5. The van der Waals surface area contributed by atoms with E-state index in [9.17, 15) is 14.0 Å². The van der Waals surface area contributed by atoms with E-state index in [1.165, 1.54) is 29.2 Å². The average molecular weight is 491 g/mol. The zero-order chi connectivity index (χ0) is 24.3. The van der Waals surface area contributed by atoms with Gasteiger partial charge in [-0.15, -0.1) is 0 Å². The molecule has 0 aliphatic heterocycles. The Kier molecular flexibility index (Phi) is 7.44. The highest BCUT2D eigenvalue weighted by Gasteiger charge is 2.23. The molecule has 0 saturated heterocycles. The Labute approximate surface area is 202 Å². The van der Waals surface area contributed by atoms with Gasteiger partial charge in [-0.2, -0.15) is 5.10 Å². The third kappa shape index (κ3) is 5.92. The van der Waals surface area contributed by atoms with E-state index in [4.69, 9.17) is 23.2 Å². The van der Waals surface area contributed by atoms with Crippen LogP contribution in [0.4, 0.5) is 10.2 Å². The first kappa shape index (κ1) is 24.7. The lowest BCUT2D eigenvalue weighted by Gasteiger charge is -2.20. The monoisotopic (exact) mass is 490 g/mol. The smallest absolute Gasteiger partial charge is 0.254 e. The molecule has 0 unspecified atom stereocenters. The summed E-state index contributed by atoms with van der Waals surface area (Å²) in [5.74, 6) is -0.749. The van der Waals surface area contributed by atoms with Gasteiger partial charge in [0.25, 0.3) is 5.91 Å². The van der Waals surface area contributed by atoms with Crippen molar-refractivity contribution in [1.82, 2.24) is 14.7 Å². The lowest BCUT2D eigenvalue weighted by Crippen LogP contribution is -2.38. The molecule has 0 aliphatic carbocycles. The van der Waals surface area contributed by atoms with Crippen molar-refractivity contribution < 1.29 is 14.0 Å². The third-order valence-electron chi connectivity index (χ3n) is 4.99. The van der Waals surface area contributed by atoms with E-state index < -0.39 is 11.7 Å². The molecule has 0 spiro atoms. The summed E-state index contributed by atoms with van der Waals surface area (Å²) in [4.78, 5) is 27.0. The van der Waals surface area contributed by atoms with Crippen LogP contribution in [0, 0.1) is 5.82 Å². The molecule has 0 radical (unpaired) electrons. The molecule has 2 aromatic carbocycles. The number of hydrogen-bond acceptors (Lipinski definition) is 3. The van der Waals surface area contributed by atoms with Gasteiger partial charge in [-0.05, 0) is 49.4 Å². The van der Waals surface area contributed by atoms with E-state index in [1.807, 2.05) is 20.8 Å². The number of carbonyl (C=O) groups is 2. The van der Waals surface area contributed by atoms with E-state index in [0.29, 0.717) is 33.7 Å². The van der Waals surface area contributed by atoms with Crippen molar-refractivity contribution in [2.24, 2.45) is 0 Å². The van der Waals surface area contributed by atoms with Crippen LogP contribution in [0.5, 0.6) is 0 Å².